The minimum absolute atomic E-state index is 0.244. The maximum absolute atomic E-state index is 6.45. The van der Waals surface area contributed by atoms with E-state index in [4.69, 9.17) is 13.3 Å². The fourth-order valence-corrected chi connectivity index (χ4v) is 9.53. The number of anilines is 3. The Kier molecular flexibility index (Phi) is 6.09. The average Bonchev–Trinajstić information content (AvgIpc) is 3.96. The fraction of sp³-hybridized carbons (Fsp3) is 0.0588. The molecule has 0 atom stereocenters. The van der Waals surface area contributed by atoms with Gasteiger partial charge in [0.05, 0.1) is 22.1 Å². The molecule has 0 N–H and O–H groups in total. The first-order chi connectivity index (χ1) is 27.0. The van der Waals surface area contributed by atoms with Crippen LogP contribution in [0, 0.1) is 0 Å². The van der Waals surface area contributed by atoms with Crippen LogP contribution in [0.4, 0.5) is 17.1 Å². The zero-order valence-electron chi connectivity index (χ0n) is 30.3. The van der Waals surface area contributed by atoms with Crippen LogP contribution < -0.4 is 4.90 Å². The topological polar surface area (TPSA) is 42.7 Å². The summed E-state index contributed by atoms with van der Waals surface area (Å²) in [6, 6.07) is 58.0. The summed E-state index contributed by atoms with van der Waals surface area (Å²) in [6.07, 6.45) is 0. The van der Waals surface area contributed by atoms with E-state index in [0.717, 1.165) is 83.1 Å². The first-order valence-electron chi connectivity index (χ1n) is 18.8. The van der Waals surface area contributed by atoms with Gasteiger partial charge in [0.15, 0.2) is 0 Å². The lowest BCUT2D eigenvalue weighted by atomic mass is 9.78. The molecule has 11 aromatic rings. The van der Waals surface area contributed by atoms with E-state index in [1.165, 1.54) is 33.2 Å². The third kappa shape index (κ3) is 4.17. The van der Waals surface area contributed by atoms with E-state index in [9.17, 15) is 0 Å². The van der Waals surface area contributed by atoms with E-state index >= 15 is 0 Å². The highest BCUT2D eigenvalue weighted by molar-refractivity contribution is 6.18. The molecule has 0 fully saturated rings. The molecule has 0 bridgehead atoms. The number of hydrogen-bond acceptors (Lipinski definition) is 4. The van der Waals surface area contributed by atoms with E-state index < -0.39 is 0 Å². The lowest BCUT2D eigenvalue weighted by molar-refractivity contribution is 0.658. The number of fused-ring (bicyclic) bond motifs is 13. The minimum atomic E-state index is -0.244. The van der Waals surface area contributed by atoms with Crippen LogP contribution in [0.5, 0.6) is 0 Å². The molecular weight excluding hydrogens is 675 g/mol. The summed E-state index contributed by atoms with van der Waals surface area (Å²) in [5.74, 6) is 0. The van der Waals surface area contributed by atoms with Crippen molar-refractivity contribution in [1.82, 2.24) is 0 Å². The van der Waals surface area contributed by atoms with Crippen LogP contribution in [0.25, 0.3) is 88.1 Å². The molecule has 0 saturated heterocycles. The summed E-state index contributed by atoms with van der Waals surface area (Å²) in [4.78, 5) is 2.39. The van der Waals surface area contributed by atoms with Crippen molar-refractivity contribution in [3.8, 4) is 22.3 Å². The predicted molar refractivity (Wildman–Crippen MR) is 226 cm³/mol. The van der Waals surface area contributed by atoms with E-state index in [0.29, 0.717) is 0 Å². The lowest BCUT2D eigenvalue weighted by Crippen LogP contribution is -2.16. The van der Waals surface area contributed by atoms with Crippen LogP contribution in [-0.4, -0.2) is 0 Å². The Morgan fingerprint density at radius 3 is 1.53 bits per heavy atom. The van der Waals surface area contributed by atoms with Gasteiger partial charge in [0.1, 0.15) is 33.5 Å². The Morgan fingerprint density at radius 1 is 0.418 bits per heavy atom. The van der Waals surface area contributed by atoms with Gasteiger partial charge in [-0.3, -0.25) is 0 Å². The smallest absolute Gasteiger partial charge is 0.137 e. The Labute approximate surface area is 316 Å². The molecule has 3 heterocycles. The van der Waals surface area contributed by atoms with E-state index in [1.807, 2.05) is 30.3 Å². The normalized spacial score (nSPS) is 13.4. The standard InChI is InChI=1S/C51H33NO3/c1-51(2)37-27-28-45-49(35-17-5-8-24-42(35)55-45)46(37)36-19-10-18-32(50(36)51)30-13-9-14-31(29-30)52(38-20-11-25-43-47(38)33-15-3-6-22-40(33)53-43)39-21-12-26-44-48(39)34-16-4-7-23-41(34)54-44/h3-29H,1-2H3. The number of benzene rings is 8. The van der Waals surface area contributed by atoms with E-state index in [1.54, 1.807) is 0 Å². The predicted octanol–water partition coefficient (Wildman–Crippen LogP) is 14.8. The third-order valence-electron chi connectivity index (χ3n) is 11.8. The maximum atomic E-state index is 6.45. The van der Waals surface area contributed by atoms with Crippen molar-refractivity contribution < 1.29 is 13.3 Å². The van der Waals surface area contributed by atoms with Crippen molar-refractivity contribution in [2.24, 2.45) is 0 Å². The second-order valence-corrected chi connectivity index (χ2v) is 15.2. The fourth-order valence-electron chi connectivity index (χ4n) is 9.53. The summed E-state index contributed by atoms with van der Waals surface area (Å²) < 4.78 is 19.3. The van der Waals surface area contributed by atoms with Crippen LogP contribution >= 0.6 is 0 Å². The molecule has 0 aliphatic heterocycles. The molecule has 0 radical (unpaired) electrons. The van der Waals surface area contributed by atoms with Crippen LogP contribution in [0.1, 0.15) is 25.0 Å². The van der Waals surface area contributed by atoms with Gasteiger partial charge in [0, 0.05) is 32.6 Å². The van der Waals surface area contributed by atoms with Crippen molar-refractivity contribution in [3.05, 3.63) is 175 Å². The van der Waals surface area contributed by atoms with Gasteiger partial charge in [-0.2, -0.15) is 0 Å². The van der Waals surface area contributed by atoms with Crippen LogP contribution in [-0.2, 0) is 5.41 Å². The van der Waals surface area contributed by atoms with Crippen molar-refractivity contribution >= 4 is 82.9 Å². The van der Waals surface area contributed by atoms with Crippen LogP contribution in [0.15, 0.2) is 177 Å². The third-order valence-corrected chi connectivity index (χ3v) is 11.8. The number of furan rings is 3. The first-order valence-corrected chi connectivity index (χ1v) is 18.8. The lowest BCUT2D eigenvalue weighted by Gasteiger charge is -2.28. The molecule has 0 saturated carbocycles. The van der Waals surface area contributed by atoms with Gasteiger partial charge in [-0.05, 0) is 94.0 Å². The van der Waals surface area contributed by atoms with Gasteiger partial charge in [-0.1, -0.05) is 117 Å². The zero-order chi connectivity index (χ0) is 36.4. The molecule has 3 aromatic heterocycles. The highest BCUT2D eigenvalue weighted by Gasteiger charge is 2.39. The molecule has 1 aliphatic rings. The molecule has 8 aromatic carbocycles. The summed E-state index contributed by atoms with van der Waals surface area (Å²) in [5, 5.41) is 6.65. The molecular formula is C51H33NO3. The average molecular weight is 708 g/mol. The quantitative estimate of drug-likeness (QED) is 0.183. The summed E-state index contributed by atoms with van der Waals surface area (Å²) >= 11 is 0. The van der Waals surface area contributed by atoms with E-state index in [-0.39, 0.29) is 5.41 Å². The zero-order valence-corrected chi connectivity index (χ0v) is 30.3. The van der Waals surface area contributed by atoms with Crippen LogP contribution in [0.2, 0.25) is 0 Å². The molecule has 1 aliphatic carbocycles. The number of rotatable bonds is 4. The number of para-hydroxylation sites is 3. The van der Waals surface area contributed by atoms with E-state index in [2.05, 4.69) is 152 Å². The van der Waals surface area contributed by atoms with Gasteiger partial charge < -0.3 is 18.2 Å². The Morgan fingerprint density at radius 2 is 0.909 bits per heavy atom. The molecule has 0 unspecified atom stereocenters. The largest absolute Gasteiger partial charge is 0.456 e. The SMILES string of the molecule is CC1(C)c2ccc3oc4ccccc4c3c2-c2cccc(-c3cccc(N(c4cccc5oc6ccccc6c45)c4cccc5oc6ccccc6c45)c3)c21. The monoisotopic (exact) mass is 707 g/mol. The molecule has 55 heavy (non-hydrogen) atoms. The first kappa shape index (κ1) is 30.4. The van der Waals surface area contributed by atoms with Gasteiger partial charge in [-0.25, -0.2) is 0 Å². The Bertz CT molecular complexity index is 3260. The highest BCUT2D eigenvalue weighted by Crippen LogP contribution is 2.56. The van der Waals surface area contributed by atoms with Crippen molar-refractivity contribution in [2.75, 3.05) is 4.90 Å². The molecule has 4 nitrogen and oxygen atoms in total. The molecule has 12 rings (SSSR count). The van der Waals surface area contributed by atoms with Gasteiger partial charge >= 0.3 is 0 Å². The number of nitrogens with zero attached hydrogens (tertiary/aromatic N) is 1. The van der Waals surface area contributed by atoms with Gasteiger partial charge in [0.25, 0.3) is 0 Å². The van der Waals surface area contributed by atoms with Crippen molar-refractivity contribution in [3.63, 3.8) is 0 Å². The van der Waals surface area contributed by atoms with Gasteiger partial charge in [0.2, 0.25) is 0 Å². The summed E-state index contributed by atoms with van der Waals surface area (Å²) in [6.45, 7) is 4.72. The molecule has 0 amide bonds. The maximum Gasteiger partial charge on any atom is 0.137 e. The molecule has 260 valence electrons. The second-order valence-electron chi connectivity index (χ2n) is 15.2. The minimum Gasteiger partial charge on any atom is -0.456 e. The summed E-state index contributed by atoms with van der Waals surface area (Å²) in [5.41, 5.74) is 15.7. The summed E-state index contributed by atoms with van der Waals surface area (Å²) in [7, 11) is 0. The Balaban J connectivity index is 1.12. The van der Waals surface area contributed by atoms with Crippen molar-refractivity contribution in [1.29, 1.82) is 0 Å². The molecule has 0 spiro atoms. The molecule has 4 heteroatoms. The van der Waals surface area contributed by atoms with Crippen molar-refractivity contribution in [2.45, 2.75) is 19.3 Å². The second kappa shape index (κ2) is 11.0. The highest BCUT2D eigenvalue weighted by atomic mass is 16.3. The van der Waals surface area contributed by atoms with Crippen LogP contribution in [0.3, 0.4) is 0 Å². The van der Waals surface area contributed by atoms with Gasteiger partial charge in [-0.15, -0.1) is 0 Å². The Hall–Kier alpha value is -7.04. The number of hydrogen-bond donors (Lipinski definition) is 0.